The van der Waals surface area contributed by atoms with Crippen LogP contribution in [0, 0.1) is 0 Å². The third-order valence-corrected chi connectivity index (χ3v) is 6.74. The largest absolute Gasteiger partial charge is 0.508 e. The minimum absolute atomic E-state index is 0.0585. The van der Waals surface area contributed by atoms with E-state index in [1.165, 1.54) is 12.1 Å². The number of hydrogen-bond donors (Lipinski definition) is 8. The van der Waals surface area contributed by atoms with Gasteiger partial charge < -0.3 is 49.7 Å². The van der Waals surface area contributed by atoms with Crippen molar-refractivity contribution >= 4 is 21.9 Å². The Kier molecular flexibility index (Phi) is 5.64. The van der Waals surface area contributed by atoms with E-state index in [2.05, 4.69) is 0 Å². The number of rotatable bonds is 3. The van der Waals surface area contributed by atoms with Crippen molar-refractivity contribution < 1.29 is 49.7 Å². The molecule has 0 fully saturated rings. The number of aromatic hydroxyl groups is 8. The lowest BCUT2D eigenvalue weighted by Crippen LogP contribution is -2.05. The molecule has 0 atom stereocenters. The molecule has 2 aromatic heterocycles. The van der Waals surface area contributed by atoms with Crippen molar-refractivity contribution in [2.75, 3.05) is 0 Å². The van der Waals surface area contributed by atoms with E-state index in [9.17, 15) is 50.4 Å². The Labute approximate surface area is 232 Å². The first-order valence-electron chi connectivity index (χ1n) is 12.0. The molecular weight excluding hydrogens is 552 g/mol. The monoisotopic (exact) mass is 570 g/mol. The van der Waals surface area contributed by atoms with Crippen molar-refractivity contribution in [1.29, 1.82) is 0 Å². The molecular formula is C30H18O12. The standard InChI is InChI=1S/C30H18O12/c31-13-6-18(34)26-23(7-13)41-10-15(29(26)39)12-3-14(28(38)21(37)5-12)25-19(35)9-24-27(30(25)40)20(36)8-22(42-24)11-1-2-16(32)17(33)4-11/h1-10,31-35,37-38,40H. The van der Waals surface area contributed by atoms with Gasteiger partial charge in [-0.1, -0.05) is 0 Å². The van der Waals surface area contributed by atoms with Crippen LogP contribution in [-0.4, -0.2) is 40.9 Å². The molecule has 42 heavy (non-hydrogen) atoms. The summed E-state index contributed by atoms with van der Waals surface area (Å²) in [7, 11) is 0. The second-order valence-electron chi connectivity index (χ2n) is 9.38. The Balaban J connectivity index is 1.56. The van der Waals surface area contributed by atoms with Gasteiger partial charge in [0.05, 0.1) is 11.1 Å². The average molecular weight is 570 g/mol. The molecule has 210 valence electrons. The van der Waals surface area contributed by atoms with Gasteiger partial charge >= 0.3 is 0 Å². The molecule has 6 rings (SSSR count). The Morgan fingerprint density at radius 3 is 2.02 bits per heavy atom. The summed E-state index contributed by atoms with van der Waals surface area (Å²) in [6.07, 6.45) is 0.997. The fourth-order valence-corrected chi connectivity index (χ4v) is 4.76. The lowest BCUT2D eigenvalue weighted by atomic mass is 9.95. The lowest BCUT2D eigenvalue weighted by molar-refractivity contribution is 0.404. The van der Waals surface area contributed by atoms with E-state index >= 15 is 0 Å². The smallest absolute Gasteiger partial charge is 0.204 e. The minimum atomic E-state index is -0.815. The summed E-state index contributed by atoms with van der Waals surface area (Å²) >= 11 is 0. The van der Waals surface area contributed by atoms with Gasteiger partial charge in [0.25, 0.3) is 0 Å². The molecule has 0 bridgehead atoms. The van der Waals surface area contributed by atoms with Crippen LogP contribution in [0.4, 0.5) is 0 Å². The van der Waals surface area contributed by atoms with Gasteiger partial charge in [-0.25, -0.2) is 0 Å². The third kappa shape index (κ3) is 3.93. The number of hydrogen-bond acceptors (Lipinski definition) is 12. The van der Waals surface area contributed by atoms with Gasteiger partial charge in [0.15, 0.2) is 28.4 Å². The number of fused-ring (bicyclic) bond motifs is 2. The first-order valence-corrected chi connectivity index (χ1v) is 12.0. The number of benzene rings is 4. The van der Waals surface area contributed by atoms with E-state index in [-0.39, 0.29) is 50.3 Å². The van der Waals surface area contributed by atoms with E-state index in [4.69, 9.17) is 8.83 Å². The Hall–Kier alpha value is -6.30. The third-order valence-electron chi connectivity index (χ3n) is 6.74. The molecule has 0 aliphatic heterocycles. The fourth-order valence-electron chi connectivity index (χ4n) is 4.76. The Morgan fingerprint density at radius 2 is 1.29 bits per heavy atom. The predicted octanol–water partition coefficient (Wildman–Crippen LogP) is 4.55. The summed E-state index contributed by atoms with van der Waals surface area (Å²) in [4.78, 5) is 26.3. The topological polar surface area (TPSA) is 222 Å². The zero-order valence-corrected chi connectivity index (χ0v) is 21.0. The zero-order chi connectivity index (χ0) is 30.0. The van der Waals surface area contributed by atoms with Crippen LogP contribution in [0.5, 0.6) is 46.0 Å². The lowest BCUT2D eigenvalue weighted by Gasteiger charge is -2.14. The highest BCUT2D eigenvalue weighted by Gasteiger charge is 2.25. The van der Waals surface area contributed by atoms with Gasteiger partial charge in [-0.15, -0.1) is 0 Å². The molecule has 0 aliphatic carbocycles. The van der Waals surface area contributed by atoms with Crippen LogP contribution in [0.2, 0.25) is 0 Å². The maximum atomic E-state index is 13.2. The van der Waals surface area contributed by atoms with Crippen LogP contribution in [-0.2, 0) is 0 Å². The quantitative estimate of drug-likeness (QED) is 0.137. The second kappa shape index (κ2) is 9.13. The Bertz CT molecular complexity index is 2230. The molecule has 12 nitrogen and oxygen atoms in total. The van der Waals surface area contributed by atoms with Gasteiger partial charge in [0, 0.05) is 35.4 Å². The molecule has 0 unspecified atom stereocenters. The van der Waals surface area contributed by atoms with Gasteiger partial charge in [-0.2, -0.15) is 0 Å². The predicted molar refractivity (Wildman–Crippen MR) is 148 cm³/mol. The van der Waals surface area contributed by atoms with Crippen molar-refractivity contribution in [3.05, 3.63) is 81.3 Å². The van der Waals surface area contributed by atoms with Crippen LogP contribution in [0.1, 0.15) is 0 Å². The molecule has 6 aromatic rings. The van der Waals surface area contributed by atoms with Crippen LogP contribution in [0.3, 0.4) is 0 Å². The van der Waals surface area contributed by atoms with Gasteiger partial charge in [-0.3, -0.25) is 9.59 Å². The molecule has 0 radical (unpaired) electrons. The van der Waals surface area contributed by atoms with Crippen LogP contribution in [0.15, 0.2) is 79.3 Å². The van der Waals surface area contributed by atoms with Gasteiger partial charge in [0.1, 0.15) is 57.0 Å². The molecule has 4 aromatic carbocycles. The first kappa shape index (κ1) is 26.0. The normalized spacial score (nSPS) is 11.3. The maximum Gasteiger partial charge on any atom is 0.204 e. The van der Waals surface area contributed by atoms with Crippen LogP contribution < -0.4 is 10.9 Å². The molecule has 8 N–H and O–H groups in total. The second-order valence-corrected chi connectivity index (χ2v) is 9.38. The zero-order valence-electron chi connectivity index (χ0n) is 21.0. The summed E-state index contributed by atoms with van der Waals surface area (Å²) < 4.78 is 11.1. The molecule has 0 saturated carbocycles. The number of phenolic OH excluding ortho intramolecular Hbond substituents is 8. The first-order chi connectivity index (χ1) is 19.9. The average Bonchev–Trinajstić information content (AvgIpc) is 2.91. The summed E-state index contributed by atoms with van der Waals surface area (Å²) in [5.74, 6) is -4.90. The highest BCUT2D eigenvalue weighted by atomic mass is 16.3. The molecule has 0 saturated heterocycles. The van der Waals surface area contributed by atoms with Crippen molar-refractivity contribution in [1.82, 2.24) is 0 Å². The van der Waals surface area contributed by atoms with Gasteiger partial charge in [-0.05, 0) is 35.9 Å². The van der Waals surface area contributed by atoms with Gasteiger partial charge in [0.2, 0.25) is 5.43 Å². The van der Waals surface area contributed by atoms with Crippen molar-refractivity contribution in [2.45, 2.75) is 0 Å². The van der Waals surface area contributed by atoms with E-state index in [0.717, 1.165) is 48.7 Å². The highest BCUT2D eigenvalue weighted by molar-refractivity contribution is 5.98. The van der Waals surface area contributed by atoms with Crippen LogP contribution >= 0.6 is 0 Å². The Morgan fingerprint density at radius 1 is 0.548 bits per heavy atom. The molecule has 0 amide bonds. The maximum absolute atomic E-state index is 13.2. The fraction of sp³-hybridized carbons (Fsp3) is 0. The van der Waals surface area contributed by atoms with Crippen molar-refractivity contribution in [3.63, 3.8) is 0 Å². The van der Waals surface area contributed by atoms with E-state index in [0.29, 0.717) is 0 Å². The van der Waals surface area contributed by atoms with Crippen molar-refractivity contribution in [3.8, 4) is 79.6 Å². The van der Waals surface area contributed by atoms with E-state index < -0.39 is 62.1 Å². The highest BCUT2D eigenvalue weighted by Crippen LogP contribution is 2.49. The summed E-state index contributed by atoms with van der Waals surface area (Å²) in [6, 6.07) is 9.90. The summed E-state index contributed by atoms with van der Waals surface area (Å²) in [5.41, 5.74) is -2.81. The molecule has 2 heterocycles. The van der Waals surface area contributed by atoms with Crippen molar-refractivity contribution in [2.24, 2.45) is 0 Å². The minimum Gasteiger partial charge on any atom is -0.508 e. The summed E-state index contributed by atoms with van der Waals surface area (Å²) in [6.45, 7) is 0. The molecule has 0 spiro atoms. The molecule has 12 heteroatoms. The SMILES string of the molecule is O=c1cc(-c2ccc(O)c(O)c2)oc2cc(O)c(-c3cc(-c4coc5cc(O)cc(O)c5c4=O)cc(O)c3O)c(O)c12. The molecule has 0 aliphatic rings. The summed E-state index contributed by atoms with van der Waals surface area (Å²) in [5, 5.41) is 81.8. The number of phenols is 8. The van der Waals surface area contributed by atoms with E-state index in [1.807, 2.05) is 0 Å². The van der Waals surface area contributed by atoms with Crippen LogP contribution in [0.25, 0.3) is 55.5 Å². The van der Waals surface area contributed by atoms with E-state index in [1.54, 1.807) is 0 Å².